The summed E-state index contributed by atoms with van der Waals surface area (Å²) >= 11 is 1.57. The van der Waals surface area contributed by atoms with Gasteiger partial charge in [0.15, 0.2) is 0 Å². The number of halogens is 1. The molecule has 1 fully saturated rings. The van der Waals surface area contributed by atoms with Crippen LogP contribution in [-0.4, -0.2) is 43.2 Å². The Hall–Kier alpha value is -0.620. The molecule has 2 unspecified atom stereocenters. The third-order valence-electron chi connectivity index (χ3n) is 3.62. The summed E-state index contributed by atoms with van der Waals surface area (Å²) in [4.78, 5) is 14.4. The SMILES string of the molecule is COC1CCN(C(=O)c2cscc2C)C(CN)C1.Cl. The average molecular weight is 305 g/mol. The Morgan fingerprint density at radius 2 is 2.32 bits per heavy atom. The number of hydrogen-bond donors (Lipinski definition) is 1. The van der Waals surface area contributed by atoms with Gasteiger partial charge in [0.05, 0.1) is 11.7 Å². The van der Waals surface area contributed by atoms with Gasteiger partial charge < -0.3 is 15.4 Å². The molecule has 1 saturated heterocycles. The van der Waals surface area contributed by atoms with E-state index in [1.807, 2.05) is 22.6 Å². The first kappa shape index (κ1) is 16.4. The zero-order valence-corrected chi connectivity index (χ0v) is 12.9. The average Bonchev–Trinajstić information content (AvgIpc) is 2.83. The van der Waals surface area contributed by atoms with Crippen molar-refractivity contribution in [2.45, 2.75) is 31.9 Å². The number of thiophene rings is 1. The molecule has 2 heterocycles. The predicted octanol–water partition coefficient (Wildman–Crippen LogP) is 2.06. The molecule has 2 atom stereocenters. The van der Waals surface area contributed by atoms with E-state index in [0.717, 1.165) is 30.5 Å². The maximum absolute atomic E-state index is 12.5. The molecule has 0 bridgehead atoms. The maximum atomic E-state index is 12.5. The van der Waals surface area contributed by atoms with Gasteiger partial charge in [-0.3, -0.25) is 4.79 Å². The number of carbonyl (C=O) groups excluding carboxylic acids is 1. The van der Waals surface area contributed by atoms with E-state index in [-0.39, 0.29) is 30.5 Å². The van der Waals surface area contributed by atoms with Crippen molar-refractivity contribution in [2.24, 2.45) is 5.73 Å². The van der Waals surface area contributed by atoms with E-state index in [4.69, 9.17) is 10.5 Å². The van der Waals surface area contributed by atoms with Crippen molar-refractivity contribution in [3.63, 3.8) is 0 Å². The molecule has 2 rings (SSSR count). The summed E-state index contributed by atoms with van der Waals surface area (Å²) < 4.78 is 5.37. The zero-order chi connectivity index (χ0) is 13.1. The molecule has 0 spiro atoms. The molecular formula is C13H21ClN2O2S. The van der Waals surface area contributed by atoms with E-state index in [2.05, 4.69) is 0 Å². The molecule has 19 heavy (non-hydrogen) atoms. The largest absolute Gasteiger partial charge is 0.381 e. The number of likely N-dealkylation sites (tertiary alicyclic amines) is 1. The van der Waals surface area contributed by atoms with Crippen LogP contribution in [0.2, 0.25) is 0 Å². The van der Waals surface area contributed by atoms with E-state index in [0.29, 0.717) is 6.54 Å². The van der Waals surface area contributed by atoms with Gasteiger partial charge in [-0.15, -0.1) is 12.4 Å². The topological polar surface area (TPSA) is 55.6 Å². The highest BCUT2D eigenvalue weighted by molar-refractivity contribution is 7.08. The number of piperidine rings is 1. The van der Waals surface area contributed by atoms with Crippen LogP contribution < -0.4 is 5.73 Å². The minimum absolute atomic E-state index is 0. The molecular weight excluding hydrogens is 284 g/mol. The second-order valence-corrected chi connectivity index (χ2v) is 5.48. The van der Waals surface area contributed by atoms with Crippen LogP contribution in [0.5, 0.6) is 0 Å². The molecule has 0 saturated carbocycles. The van der Waals surface area contributed by atoms with Gasteiger partial charge in [-0.1, -0.05) is 0 Å². The number of ether oxygens (including phenoxy) is 1. The molecule has 0 aliphatic carbocycles. The van der Waals surface area contributed by atoms with Gasteiger partial charge in [-0.25, -0.2) is 0 Å². The predicted molar refractivity (Wildman–Crippen MR) is 80.2 cm³/mol. The standard InChI is InChI=1S/C13H20N2O2S.ClH/c1-9-7-18-8-12(9)13(16)15-4-3-11(17-2)5-10(15)6-14;/h7-8,10-11H,3-6,14H2,1-2H3;1H. The van der Waals surface area contributed by atoms with Crippen LogP contribution in [0.25, 0.3) is 0 Å². The van der Waals surface area contributed by atoms with E-state index < -0.39 is 0 Å². The summed E-state index contributed by atoms with van der Waals surface area (Å²) in [6.45, 7) is 3.20. The van der Waals surface area contributed by atoms with Crippen molar-refractivity contribution in [1.82, 2.24) is 4.90 Å². The van der Waals surface area contributed by atoms with Gasteiger partial charge in [0, 0.05) is 31.6 Å². The number of aryl methyl sites for hydroxylation is 1. The molecule has 108 valence electrons. The fraction of sp³-hybridized carbons (Fsp3) is 0.615. The Labute approximate surface area is 124 Å². The second kappa shape index (κ2) is 7.24. The molecule has 2 N–H and O–H groups in total. The summed E-state index contributed by atoms with van der Waals surface area (Å²) in [6, 6.07) is 0.0931. The van der Waals surface area contributed by atoms with Crippen LogP contribution in [0.15, 0.2) is 10.8 Å². The zero-order valence-electron chi connectivity index (χ0n) is 11.3. The smallest absolute Gasteiger partial charge is 0.255 e. The number of nitrogens with zero attached hydrogens (tertiary/aromatic N) is 1. The summed E-state index contributed by atoms with van der Waals surface area (Å²) in [5.74, 6) is 0.110. The van der Waals surface area contributed by atoms with Gasteiger partial charge >= 0.3 is 0 Å². The highest BCUT2D eigenvalue weighted by atomic mass is 35.5. The number of hydrogen-bond acceptors (Lipinski definition) is 4. The number of nitrogens with two attached hydrogens (primary N) is 1. The van der Waals surface area contributed by atoms with E-state index in [9.17, 15) is 4.79 Å². The summed E-state index contributed by atoms with van der Waals surface area (Å²) in [5, 5.41) is 3.93. The Morgan fingerprint density at radius 3 is 2.84 bits per heavy atom. The van der Waals surface area contributed by atoms with Gasteiger partial charge in [-0.2, -0.15) is 11.3 Å². The first-order chi connectivity index (χ1) is 8.67. The first-order valence-electron chi connectivity index (χ1n) is 6.24. The fourth-order valence-electron chi connectivity index (χ4n) is 2.45. The lowest BCUT2D eigenvalue weighted by molar-refractivity contribution is 0.0139. The van der Waals surface area contributed by atoms with Gasteiger partial charge in [-0.05, 0) is 30.7 Å². The highest BCUT2D eigenvalue weighted by Gasteiger charge is 2.31. The van der Waals surface area contributed by atoms with Crippen molar-refractivity contribution in [2.75, 3.05) is 20.2 Å². The van der Waals surface area contributed by atoms with Crippen molar-refractivity contribution < 1.29 is 9.53 Å². The van der Waals surface area contributed by atoms with Crippen LogP contribution >= 0.6 is 23.7 Å². The Morgan fingerprint density at radius 1 is 1.58 bits per heavy atom. The van der Waals surface area contributed by atoms with Gasteiger partial charge in [0.25, 0.3) is 5.91 Å². The quantitative estimate of drug-likeness (QED) is 0.930. The van der Waals surface area contributed by atoms with Crippen molar-refractivity contribution >= 4 is 29.7 Å². The summed E-state index contributed by atoms with van der Waals surface area (Å²) in [7, 11) is 1.72. The van der Waals surface area contributed by atoms with E-state index >= 15 is 0 Å². The third-order valence-corrected chi connectivity index (χ3v) is 4.48. The van der Waals surface area contributed by atoms with Crippen LogP contribution in [0.3, 0.4) is 0 Å². The van der Waals surface area contributed by atoms with Gasteiger partial charge in [0.1, 0.15) is 0 Å². The maximum Gasteiger partial charge on any atom is 0.255 e. The molecule has 1 aliphatic rings. The monoisotopic (exact) mass is 304 g/mol. The fourth-order valence-corrected chi connectivity index (χ4v) is 3.28. The van der Waals surface area contributed by atoms with E-state index in [1.165, 1.54) is 0 Å². The van der Waals surface area contributed by atoms with Crippen molar-refractivity contribution in [3.8, 4) is 0 Å². The van der Waals surface area contributed by atoms with Crippen LogP contribution in [0, 0.1) is 6.92 Å². The van der Waals surface area contributed by atoms with Gasteiger partial charge in [0.2, 0.25) is 0 Å². The number of rotatable bonds is 3. The molecule has 1 aromatic rings. The molecule has 0 aromatic carbocycles. The van der Waals surface area contributed by atoms with Crippen LogP contribution in [-0.2, 0) is 4.74 Å². The lowest BCUT2D eigenvalue weighted by Crippen LogP contribution is -2.51. The molecule has 1 amide bonds. The lowest BCUT2D eigenvalue weighted by Gasteiger charge is -2.38. The molecule has 0 radical (unpaired) electrons. The Kier molecular flexibility index (Phi) is 6.26. The minimum atomic E-state index is 0. The minimum Gasteiger partial charge on any atom is -0.381 e. The summed E-state index contributed by atoms with van der Waals surface area (Å²) in [5.41, 5.74) is 7.66. The molecule has 4 nitrogen and oxygen atoms in total. The first-order valence-corrected chi connectivity index (χ1v) is 7.18. The van der Waals surface area contributed by atoms with Crippen molar-refractivity contribution in [1.29, 1.82) is 0 Å². The van der Waals surface area contributed by atoms with E-state index in [1.54, 1.807) is 18.4 Å². The van der Waals surface area contributed by atoms with Crippen molar-refractivity contribution in [3.05, 3.63) is 21.9 Å². The highest BCUT2D eigenvalue weighted by Crippen LogP contribution is 2.23. The third kappa shape index (κ3) is 3.48. The van der Waals surface area contributed by atoms with Crippen LogP contribution in [0.4, 0.5) is 0 Å². The van der Waals surface area contributed by atoms with Crippen LogP contribution in [0.1, 0.15) is 28.8 Å². The summed E-state index contributed by atoms with van der Waals surface area (Å²) in [6.07, 6.45) is 1.95. The molecule has 1 aromatic heterocycles. The number of amides is 1. The molecule has 6 heteroatoms. The molecule has 1 aliphatic heterocycles. The lowest BCUT2D eigenvalue weighted by atomic mass is 9.98. The number of methoxy groups -OCH3 is 1. The Bertz CT molecular complexity index is 425. The normalized spacial score (nSPS) is 23.0. The second-order valence-electron chi connectivity index (χ2n) is 4.74. The Balaban J connectivity index is 0.00000180. The number of carbonyl (C=O) groups is 1.